The first kappa shape index (κ1) is 16.2. The fraction of sp³-hybridized carbons (Fsp3) is 0.316. The van der Waals surface area contributed by atoms with Crippen LogP contribution in [0.25, 0.3) is 0 Å². The number of carbonyl (C=O) groups is 1. The number of amides is 1. The van der Waals surface area contributed by atoms with E-state index in [4.69, 9.17) is 0 Å². The lowest BCUT2D eigenvalue weighted by Crippen LogP contribution is -2.14. The number of carbonyl (C=O) groups excluding carboxylic acids is 1. The predicted octanol–water partition coefficient (Wildman–Crippen LogP) is 3.96. The van der Waals surface area contributed by atoms with E-state index in [1.807, 2.05) is 55.6 Å². The van der Waals surface area contributed by atoms with Gasteiger partial charge in [-0.15, -0.1) is 0 Å². The molecule has 0 radical (unpaired) electrons. The summed E-state index contributed by atoms with van der Waals surface area (Å²) in [5.41, 5.74) is 3.99. The van der Waals surface area contributed by atoms with Gasteiger partial charge in [-0.2, -0.15) is 0 Å². The third kappa shape index (κ3) is 4.18. The van der Waals surface area contributed by atoms with Crippen LogP contribution in [0, 0.1) is 0 Å². The van der Waals surface area contributed by atoms with Gasteiger partial charge in [-0.05, 0) is 47.9 Å². The Labute approximate surface area is 132 Å². The summed E-state index contributed by atoms with van der Waals surface area (Å²) in [4.78, 5) is 12.3. The first-order valence-corrected chi connectivity index (χ1v) is 7.55. The molecule has 3 nitrogen and oxygen atoms in total. The summed E-state index contributed by atoms with van der Waals surface area (Å²) in [6.07, 6.45) is 0. The average molecular weight is 296 g/mol. The number of benzene rings is 2. The Hall–Kier alpha value is -2.13. The fourth-order valence-corrected chi connectivity index (χ4v) is 2.23. The summed E-state index contributed by atoms with van der Waals surface area (Å²) in [7, 11) is 1.91. The van der Waals surface area contributed by atoms with Crippen LogP contribution < -0.4 is 10.6 Å². The highest BCUT2D eigenvalue weighted by Gasteiger charge is 2.14. The van der Waals surface area contributed by atoms with E-state index >= 15 is 0 Å². The molecule has 2 rings (SSSR count). The Morgan fingerprint density at radius 2 is 1.55 bits per heavy atom. The number of anilines is 1. The molecule has 2 N–H and O–H groups in total. The smallest absolute Gasteiger partial charge is 0.255 e. The van der Waals surface area contributed by atoms with Crippen molar-refractivity contribution in [3.8, 4) is 0 Å². The van der Waals surface area contributed by atoms with Gasteiger partial charge in [-0.3, -0.25) is 4.79 Å². The Balaban J connectivity index is 2.05. The van der Waals surface area contributed by atoms with E-state index in [1.54, 1.807) is 0 Å². The van der Waals surface area contributed by atoms with Gasteiger partial charge in [0.05, 0.1) is 0 Å². The Kier molecular flexibility index (Phi) is 4.99. The van der Waals surface area contributed by atoms with Gasteiger partial charge in [0.1, 0.15) is 0 Å². The summed E-state index contributed by atoms with van der Waals surface area (Å²) in [5.74, 6) is -0.0816. The summed E-state index contributed by atoms with van der Waals surface area (Å²) in [5, 5.41) is 6.03. The first-order valence-electron chi connectivity index (χ1n) is 7.55. The molecule has 1 amide bonds. The van der Waals surface area contributed by atoms with Crippen LogP contribution in [0.1, 0.15) is 42.3 Å². The zero-order chi connectivity index (χ0) is 16.2. The third-order valence-electron chi connectivity index (χ3n) is 3.61. The molecule has 0 unspecified atom stereocenters. The molecule has 0 aliphatic carbocycles. The highest BCUT2D eigenvalue weighted by Crippen LogP contribution is 2.22. The van der Waals surface area contributed by atoms with Crippen molar-refractivity contribution in [2.45, 2.75) is 32.7 Å². The lowest BCUT2D eigenvalue weighted by atomic mass is 9.87. The monoisotopic (exact) mass is 296 g/mol. The molecule has 0 aliphatic heterocycles. The Morgan fingerprint density at radius 3 is 2.05 bits per heavy atom. The maximum atomic E-state index is 12.3. The van der Waals surface area contributed by atoms with Crippen LogP contribution in [0.2, 0.25) is 0 Å². The second-order valence-electron chi connectivity index (χ2n) is 6.51. The van der Waals surface area contributed by atoms with Crippen LogP contribution in [-0.4, -0.2) is 13.0 Å². The number of nitrogens with one attached hydrogen (secondary N) is 2. The van der Waals surface area contributed by atoms with E-state index in [2.05, 4.69) is 31.4 Å². The minimum Gasteiger partial charge on any atom is -0.322 e. The number of hydrogen-bond donors (Lipinski definition) is 2. The van der Waals surface area contributed by atoms with Crippen LogP contribution in [0.15, 0.2) is 48.5 Å². The third-order valence-corrected chi connectivity index (χ3v) is 3.61. The Bertz CT molecular complexity index is 622. The fourth-order valence-electron chi connectivity index (χ4n) is 2.23. The molecule has 3 heteroatoms. The SMILES string of the molecule is CNCc1ccc(NC(=O)c2ccc(C(C)(C)C)cc2)cc1. The molecule has 0 aliphatic rings. The normalized spacial score (nSPS) is 11.3. The highest BCUT2D eigenvalue weighted by molar-refractivity contribution is 6.04. The second kappa shape index (κ2) is 6.75. The molecule has 116 valence electrons. The van der Waals surface area contributed by atoms with Gasteiger partial charge in [-0.1, -0.05) is 45.0 Å². The molecule has 2 aromatic carbocycles. The van der Waals surface area contributed by atoms with Crippen molar-refractivity contribution < 1.29 is 4.79 Å². The first-order chi connectivity index (χ1) is 10.4. The van der Waals surface area contributed by atoms with Crippen LogP contribution in [0.5, 0.6) is 0 Å². The van der Waals surface area contributed by atoms with Crippen molar-refractivity contribution in [3.05, 3.63) is 65.2 Å². The van der Waals surface area contributed by atoms with E-state index in [9.17, 15) is 4.79 Å². The van der Waals surface area contributed by atoms with Crippen LogP contribution in [0.3, 0.4) is 0 Å². The van der Waals surface area contributed by atoms with Crippen molar-refractivity contribution in [2.75, 3.05) is 12.4 Å². The molecule has 0 fully saturated rings. The standard InChI is InChI=1S/C19H24N2O/c1-19(2,3)16-9-7-15(8-10-16)18(22)21-17-11-5-14(6-12-17)13-20-4/h5-12,20H,13H2,1-4H3,(H,21,22). The maximum absolute atomic E-state index is 12.3. The largest absolute Gasteiger partial charge is 0.322 e. The van der Waals surface area contributed by atoms with E-state index < -0.39 is 0 Å². The van der Waals surface area contributed by atoms with Crippen molar-refractivity contribution in [1.82, 2.24) is 5.32 Å². The molecular formula is C19H24N2O. The van der Waals surface area contributed by atoms with E-state index in [-0.39, 0.29) is 11.3 Å². The molecule has 0 aromatic heterocycles. The molecule has 0 bridgehead atoms. The summed E-state index contributed by atoms with van der Waals surface area (Å²) >= 11 is 0. The molecule has 0 saturated heterocycles. The van der Waals surface area contributed by atoms with Gasteiger partial charge in [0.15, 0.2) is 0 Å². The lowest BCUT2D eigenvalue weighted by Gasteiger charge is -2.19. The minimum absolute atomic E-state index is 0.0816. The van der Waals surface area contributed by atoms with Crippen molar-refractivity contribution in [3.63, 3.8) is 0 Å². The second-order valence-corrected chi connectivity index (χ2v) is 6.51. The number of rotatable bonds is 4. The van der Waals surface area contributed by atoms with E-state index in [0.29, 0.717) is 5.56 Å². The summed E-state index contributed by atoms with van der Waals surface area (Å²) in [6.45, 7) is 7.31. The molecule has 22 heavy (non-hydrogen) atoms. The van der Waals surface area contributed by atoms with Gasteiger partial charge in [0.25, 0.3) is 5.91 Å². The van der Waals surface area contributed by atoms with Crippen molar-refractivity contribution in [2.24, 2.45) is 0 Å². The van der Waals surface area contributed by atoms with E-state index in [1.165, 1.54) is 11.1 Å². The molecular weight excluding hydrogens is 272 g/mol. The lowest BCUT2D eigenvalue weighted by molar-refractivity contribution is 0.102. The quantitative estimate of drug-likeness (QED) is 0.896. The van der Waals surface area contributed by atoms with E-state index in [0.717, 1.165) is 12.2 Å². The summed E-state index contributed by atoms with van der Waals surface area (Å²) in [6, 6.07) is 15.7. The van der Waals surface area contributed by atoms with Gasteiger partial charge in [0.2, 0.25) is 0 Å². The Morgan fingerprint density at radius 1 is 0.955 bits per heavy atom. The molecule has 0 saturated carbocycles. The molecule has 0 spiro atoms. The zero-order valence-electron chi connectivity index (χ0n) is 13.7. The topological polar surface area (TPSA) is 41.1 Å². The average Bonchev–Trinajstić information content (AvgIpc) is 2.49. The maximum Gasteiger partial charge on any atom is 0.255 e. The zero-order valence-corrected chi connectivity index (χ0v) is 13.7. The molecule has 0 heterocycles. The van der Waals surface area contributed by atoms with Crippen molar-refractivity contribution >= 4 is 11.6 Å². The van der Waals surface area contributed by atoms with Crippen molar-refractivity contribution in [1.29, 1.82) is 0 Å². The van der Waals surface area contributed by atoms with Gasteiger partial charge >= 0.3 is 0 Å². The molecule has 2 aromatic rings. The summed E-state index contributed by atoms with van der Waals surface area (Å²) < 4.78 is 0. The van der Waals surface area contributed by atoms with Crippen LogP contribution in [-0.2, 0) is 12.0 Å². The van der Waals surface area contributed by atoms with Crippen LogP contribution >= 0.6 is 0 Å². The minimum atomic E-state index is -0.0816. The number of hydrogen-bond acceptors (Lipinski definition) is 2. The molecule has 0 atom stereocenters. The highest BCUT2D eigenvalue weighted by atomic mass is 16.1. The van der Waals surface area contributed by atoms with Crippen LogP contribution in [0.4, 0.5) is 5.69 Å². The van der Waals surface area contributed by atoms with Gasteiger partial charge in [-0.25, -0.2) is 0 Å². The van der Waals surface area contributed by atoms with Gasteiger partial charge < -0.3 is 10.6 Å². The predicted molar refractivity (Wildman–Crippen MR) is 92.3 cm³/mol. The van der Waals surface area contributed by atoms with Gasteiger partial charge in [0, 0.05) is 17.8 Å².